The van der Waals surface area contributed by atoms with E-state index in [-0.39, 0.29) is 16.9 Å². The number of ether oxygens (including phenoxy) is 1. The number of hydrogen-bond donors (Lipinski definition) is 1. The zero-order valence-corrected chi connectivity index (χ0v) is 14.4. The predicted octanol–water partition coefficient (Wildman–Crippen LogP) is 2.65. The minimum absolute atomic E-state index is 0.114. The Morgan fingerprint density at radius 1 is 1.40 bits per heavy atom. The fourth-order valence-electron chi connectivity index (χ4n) is 3.06. The Balaban J connectivity index is 2.23. The molecule has 0 bridgehead atoms. The van der Waals surface area contributed by atoms with Crippen molar-refractivity contribution in [2.45, 2.75) is 26.8 Å². The molecule has 0 aliphatic carbocycles. The summed E-state index contributed by atoms with van der Waals surface area (Å²) in [4.78, 5) is 16.8. The van der Waals surface area contributed by atoms with Gasteiger partial charge in [-0.1, -0.05) is 6.92 Å². The van der Waals surface area contributed by atoms with Crippen LogP contribution < -0.4 is 5.73 Å². The standard InChI is InChI=1S/C18H19N5O2/c1-4-15-21-13-8-12(6-7-14(13)22(15)5-2)23-10-11(9-19)16(20)17(23)18(24)25-3/h6-8,10H,4-5,20H2,1-3H3. The number of hydrogen-bond acceptors (Lipinski definition) is 5. The Kier molecular flexibility index (Phi) is 4.19. The van der Waals surface area contributed by atoms with Crippen molar-refractivity contribution in [3.8, 4) is 11.8 Å². The van der Waals surface area contributed by atoms with Gasteiger partial charge in [-0.2, -0.15) is 5.26 Å². The molecule has 128 valence electrons. The van der Waals surface area contributed by atoms with Gasteiger partial charge in [0, 0.05) is 24.8 Å². The molecule has 0 radical (unpaired) electrons. The number of carbonyl (C=O) groups is 1. The molecule has 0 amide bonds. The van der Waals surface area contributed by atoms with Gasteiger partial charge in [-0.25, -0.2) is 9.78 Å². The molecule has 3 aromatic rings. The zero-order chi connectivity index (χ0) is 18.1. The second-order valence-corrected chi connectivity index (χ2v) is 5.58. The van der Waals surface area contributed by atoms with Crippen molar-refractivity contribution in [2.24, 2.45) is 0 Å². The van der Waals surface area contributed by atoms with Crippen LogP contribution in [0.4, 0.5) is 5.69 Å². The molecule has 0 saturated carbocycles. The summed E-state index contributed by atoms with van der Waals surface area (Å²) in [5.74, 6) is 0.417. The third-order valence-electron chi connectivity index (χ3n) is 4.27. The average Bonchev–Trinajstić information content (AvgIpc) is 3.16. The van der Waals surface area contributed by atoms with Crippen LogP contribution in [0.15, 0.2) is 24.4 Å². The maximum atomic E-state index is 12.1. The first-order valence-electron chi connectivity index (χ1n) is 8.04. The lowest BCUT2D eigenvalue weighted by molar-refractivity contribution is 0.0593. The van der Waals surface area contributed by atoms with Crippen LogP contribution in [0.25, 0.3) is 16.7 Å². The van der Waals surface area contributed by atoms with Crippen LogP contribution in [-0.2, 0) is 17.7 Å². The molecule has 0 spiro atoms. The Morgan fingerprint density at radius 3 is 2.76 bits per heavy atom. The number of esters is 1. The number of nitrogen functional groups attached to an aromatic ring is 1. The molecular formula is C18H19N5O2. The number of methoxy groups -OCH3 is 1. The average molecular weight is 337 g/mol. The van der Waals surface area contributed by atoms with Gasteiger partial charge in [-0.3, -0.25) is 0 Å². The molecule has 2 N–H and O–H groups in total. The van der Waals surface area contributed by atoms with E-state index in [1.54, 1.807) is 10.8 Å². The molecule has 7 nitrogen and oxygen atoms in total. The summed E-state index contributed by atoms with van der Waals surface area (Å²) in [5.41, 5.74) is 9.00. The first-order chi connectivity index (χ1) is 12.0. The Morgan fingerprint density at radius 2 is 2.16 bits per heavy atom. The summed E-state index contributed by atoms with van der Waals surface area (Å²) in [6, 6.07) is 7.72. The predicted molar refractivity (Wildman–Crippen MR) is 94.6 cm³/mol. The highest BCUT2D eigenvalue weighted by molar-refractivity contribution is 5.96. The van der Waals surface area contributed by atoms with E-state index < -0.39 is 5.97 Å². The van der Waals surface area contributed by atoms with Gasteiger partial charge in [0.2, 0.25) is 0 Å². The fourth-order valence-corrected chi connectivity index (χ4v) is 3.06. The molecule has 1 aromatic carbocycles. The van der Waals surface area contributed by atoms with E-state index >= 15 is 0 Å². The first kappa shape index (κ1) is 16.6. The van der Waals surface area contributed by atoms with Crippen molar-refractivity contribution in [1.82, 2.24) is 14.1 Å². The largest absolute Gasteiger partial charge is 0.464 e. The smallest absolute Gasteiger partial charge is 0.357 e. The molecule has 3 rings (SSSR count). The lowest BCUT2D eigenvalue weighted by Gasteiger charge is -2.09. The van der Waals surface area contributed by atoms with Crippen LogP contribution in [0, 0.1) is 11.3 Å². The zero-order valence-electron chi connectivity index (χ0n) is 14.4. The Bertz CT molecular complexity index is 1010. The lowest BCUT2D eigenvalue weighted by Crippen LogP contribution is -2.11. The lowest BCUT2D eigenvalue weighted by atomic mass is 10.2. The third-order valence-corrected chi connectivity index (χ3v) is 4.27. The number of aromatic nitrogens is 3. The van der Waals surface area contributed by atoms with E-state index in [1.807, 2.05) is 24.3 Å². The number of imidazole rings is 1. The molecular weight excluding hydrogens is 318 g/mol. The van der Waals surface area contributed by atoms with Crippen LogP contribution in [0.2, 0.25) is 0 Å². The van der Waals surface area contributed by atoms with Gasteiger partial charge in [0.05, 0.1) is 29.4 Å². The van der Waals surface area contributed by atoms with Crippen LogP contribution in [-0.4, -0.2) is 27.2 Å². The number of carbonyl (C=O) groups excluding carboxylic acids is 1. The number of nitrogens with zero attached hydrogens (tertiary/aromatic N) is 4. The highest BCUT2D eigenvalue weighted by atomic mass is 16.5. The molecule has 0 atom stereocenters. The number of fused-ring (bicyclic) bond motifs is 1. The van der Waals surface area contributed by atoms with Gasteiger partial charge in [0.25, 0.3) is 0 Å². The molecule has 0 saturated heterocycles. The molecule has 0 fully saturated rings. The van der Waals surface area contributed by atoms with Crippen molar-refractivity contribution in [3.05, 3.63) is 41.5 Å². The van der Waals surface area contributed by atoms with Crippen molar-refractivity contribution in [1.29, 1.82) is 5.26 Å². The molecule has 2 heterocycles. The fraction of sp³-hybridized carbons (Fsp3) is 0.278. The number of benzene rings is 1. The highest BCUT2D eigenvalue weighted by Crippen LogP contribution is 2.27. The number of anilines is 1. The Hall–Kier alpha value is -3.27. The first-order valence-corrected chi connectivity index (χ1v) is 8.04. The highest BCUT2D eigenvalue weighted by Gasteiger charge is 2.22. The number of nitriles is 1. The van der Waals surface area contributed by atoms with Gasteiger partial charge >= 0.3 is 5.97 Å². The second-order valence-electron chi connectivity index (χ2n) is 5.58. The summed E-state index contributed by atoms with van der Waals surface area (Å²) in [5, 5.41) is 9.22. The summed E-state index contributed by atoms with van der Waals surface area (Å²) in [6.07, 6.45) is 2.38. The minimum atomic E-state index is -0.590. The number of nitrogens with two attached hydrogens (primary N) is 1. The number of aryl methyl sites for hydroxylation is 2. The van der Waals surface area contributed by atoms with E-state index in [1.165, 1.54) is 7.11 Å². The summed E-state index contributed by atoms with van der Waals surface area (Å²) < 4.78 is 8.55. The van der Waals surface area contributed by atoms with Crippen LogP contribution in [0.1, 0.15) is 35.7 Å². The van der Waals surface area contributed by atoms with Crippen LogP contribution in [0.3, 0.4) is 0 Å². The molecule has 0 aliphatic rings. The SMILES string of the molecule is CCc1nc2cc(-n3cc(C#N)c(N)c3C(=O)OC)ccc2n1CC. The number of rotatable bonds is 4. The quantitative estimate of drug-likeness (QED) is 0.738. The molecule has 0 aliphatic heterocycles. The van der Waals surface area contributed by atoms with Gasteiger partial charge in [-0.05, 0) is 25.1 Å². The van der Waals surface area contributed by atoms with Gasteiger partial charge in [-0.15, -0.1) is 0 Å². The molecule has 7 heteroatoms. The molecule has 25 heavy (non-hydrogen) atoms. The topological polar surface area (TPSA) is 98.9 Å². The monoisotopic (exact) mass is 337 g/mol. The summed E-state index contributed by atoms with van der Waals surface area (Å²) in [6.45, 7) is 4.98. The van der Waals surface area contributed by atoms with Gasteiger partial charge < -0.3 is 19.6 Å². The van der Waals surface area contributed by atoms with Crippen molar-refractivity contribution in [2.75, 3.05) is 12.8 Å². The van der Waals surface area contributed by atoms with Crippen molar-refractivity contribution in [3.63, 3.8) is 0 Å². The van der Waals surface area contributed by atoms with E-state index in [0.29, 0.717) is 5.69 Å². The van der Waals surface area contributed by atoms with Crippen LogP contribution >= 0.6 is 0 Å². The third kappa shape index (κ3) is 2.52. The van der Waals surface area contributed by atoms with Gasteiger partial charge in [0.15, 0.2) is 5.69 Å². The maximum absolute atomic E-state index is 12.1. The van der Waals surface area contributed by atoms with Crippen molar-refractivity contribution >= 4 is 22.7 Å². The van der Waals surface area contributed by atoms with Crippen molar-refractivity contribution < 1.29 is 9.53 Å². The molecule has 0 unspecified atom stereocenters. The Labute approximate surface area is 145 Å². The summed E-state index contributed by atoms with van der Waals surface area (Å²) >= 11 is 0. The van der Waals surface area contributed by atoms with Crippen LogP contribution in [0.5, 0.6) is 0 Å². The minimum Gasteiger partial charge on any atom is -0.464 e. The van der Waals surface area contributed by atoms with E-state index in [4.69, 9.17) is 10.5 Å². The summed E-state index contributed by atoms with van der Waals surface area (Å²) in [7, 11) is 1.28. The van der Waals surface area contributed by atoms with Gasteiger partial charge in [0.1, 0.15) is 11.9 Å². The van der Waals surface area contributed by atoms with E-state index in [0.717, 1.165) is 29.8 Å². The van der Waals surface area contributed by atoms with E-state index in [9.17, 15) is 10.1 Å². The second kappa shape index (κ2) is 6.32. The maximum Gasteiger partial charge on any atom is 0.357 e. The normalized spacial score (nSPS) is 10.8. The van der Waals surface area contributed by atoms with E-state index in [2.05, 4.69) is 23.4 Å². The molecule has 2 aromatic heterocycles.